The monoisotopic (exact) mass is 351 g/mol. The number of rotatable bonds is 6. The molecule has 1 aromatic carbocycles. The second-order valence-corrected chi connectivity index (χ2v) is 6.02. The minimum atomic E-state index is -0.816. The quantitative estimate of drug-likeness (QED) is 0.407. The van der Waals surface area contributed by atoms with Crippen LogP contribution in [0.5, 0.6) is 5.75 Å². The molecule has 138 valence electrons. The van der Waals surface area contributed by atoms with Gasteiger partial charge in [0.15, 0.2) is 0 Å². The zero-order valence-electron chi connectivity index (χ0n) is 14.1. The molecular weight excluding hydrogens is 326 g/mol. The largest absolute Gasteiger partial charge is 0.483 e. The Labute approximate surface area is 146 Å². The second kappa shape index (κ2) is 11.2. The van der Waals surface area contributed by atoms with E-state index in [0.29, 0.717) is 24.6 Å². The predicted octanol–water partition coefficient (Wildman–Crippen LogP) is 2.08. The van der Waals surface area contributed by atoms with E-state index in [1.807, 2.05) is 0 Å². The van der Waals surface area contributed by atoms with Gasteiger partial charge >= 0.3 is 11.9 Å². The molecule has 7 nitrogen and oxygen atoms in total. The van der Waals surface area contributed by atoms with Gasteiger partial charge in [0, 0.05) is 6.42 Å². The first kappa shape index (κ1) is 20.6. The number of hydrogen-bond donors (Lipinski definition) is 3. The van der Waals surface area contributed by atoms with Gasteiger partial charge in [-0.15, -0.1) is 0 Å². The summed E-state index contributed by atoms with van der Waals surface area (Å²) < 4.78 is 5.42. The Bertz CT molecular complexity index is 549. The molecule has 0 bridgehead atoms. The number of nitrogens with two attached hydrogens (primary N) is 1. The number of carboxylic acids is 1. The molecule has 0 unspecified atom stereocenters. The van der Waals surface area contributed by atoms with E-state index in [0.717, 1.165) is 31.2 Å². The first-order valence-electron chi connectivity index (χ1n) is 8.30. The maximum atomic E-state index is 12.1. The summed E-state index contributed by atoms with van der Waals surface area (Å²) in [5.41, 5.74) is 6.57. The van der Waals surface area contributed by atoms with Gasteiger partial charge in [-0.2, -0.15) is 0 Å². The van der Waals surface area contributed by atoms with Crippen LogP contribution >= 0.6 is 0 Å². The van der Waals surface area contributed by atoms with Gasteiger partial charge in [-0.05, 0) is 62.3 Å². The van der Waals surface area contributed by atoms with Crippen LogP contribution in [0.4, 0.5) is 0 Å². The highest BCUT2D eigenvalue weighted by atomic mass is 16.5. The molecule has 0 heterocycles. The van der Waals surface area contributed by atoms with E-state index < -0.39 is 5.97 Å². The summed E-state index contributed by atoms with van der Waals surface area (Å²) in [6, 6.07) is 7.05. The lowest BCUT2D eigenvalue weighted by Gasteiger charge is -2.26. The van der Waals surface area contributed by atoms with Crippen molar-refractivity contribution in [3.05, 3.63) is 29.8 Å². The Balaban J connectivity index is 0.000000970. The van der Waals surface area contributed by atoms with Gasteiger partial charge in [-0.1, -0.05) is 12.1 Å². The van der Waals surface area contributed by atoms with E-state index in [4.69, 9.17) is 25.5 Å². The van der Waals surface area contributed by atoms with Crippen LogP contribution in [0, 0.1) is 11.8 Å². The molecule has 0 atom stereocenters. The Hall–Kier alpha value is -2.41. The molecular formula is C18H25NO6. The van der Waals surface area contributed by atoms with Gasteiger partial charge < -0.3 is 20.7 Å². The zero-order chi connectivity index (χ0) is 18.7. The molecule has 4 N–H and O–H groups in total. The number of carbonyl (C=O) groups excluding carboxylic acids is 1. The van der Waals surface area contributed by atoms with Crippen molar-refractivity contribution >= 4 is 18.4 Å². The number of benzene rings is 1. The van der Waals surface area contributed by atoms with Crippen molar-refractivity contribution in [3.63, 3.8) is 0 Å². The summed E-state index contributed by atoms with van der Waals surface area (Å²) in [6.07, 6.45) is 4.25. The zero-order valence-corrected chi connectivity index (χ0v) is 14.1. The van der Waals surface area contributed by atoms with Gasteiger partial charge in [0.1, 0.15) is 5.75 Å². The summed E-state index contributed by atoms with van der Waals surface area (Å²) in [7, 11) is 0. The third-order valence-electron chi connectivity index (χ3n) is 4.28. The topological polar surface area (TPSA) is 127 Å². The molecule has 0 radical (unpaired) electrons. The van der Waals surface area contributed by atoms with E-state index >= 15 is 0 Å². The minimum absolute atomic E-state index is 0.0329. The average molecular weight is 351 g/mol. The fraction of sp³-hybridized carbons (Fsp3) is 0.500. The number of hydrogen-bond acceptors (Lipinski definition) is 5. The Morgan fingerprint density at radius 2 is 1.72 bits per heavy atom. The van der Waals surface area contributed by atoms with Crippen molar-refractivity contribution in [3.8, 4) is 5.75 Å². The van der Waals surface area contributed by atoms with Gasteiger partial charge in [0.25, 0.3) is 6.47 Å². The molecule has 0 aliphatic heterocycles. The molecule has 0 spiro atoms. The number of carbonyl (C=O) groups is 3. The highest BCUT2D eigenvalue weighted by Gasteiger charge is 2.27. The average Bonchev–Trinajstić information content (AvgIpc) is 2.62. The number of aliphatic carboxylic acids is 1. The summed E-state index contributed by atoms with van der Waals surface area (Å²) in [6.45, 7) is 0.444. The fourth-order valence-electron chi connectivity index (χ4n) is 2.81. The number of ether oxygens (including phenoxy) is 1. The maximum Gasteiger partial charge on any atom is 0.314 e. The smallest absolute Gasteiger partial charge is 0.314 e. The van der Waals surface area contributed by atoms with E-state index in [1.165, 1.54) is 0 Å². The fourth-order valence-corrected chi connectivity index (χ4v) is 2.81. The van der Waals surface area contributed by atoms with Crippen molar-refractivity contribution in [1.29, 1.82) is 0 Å². The van der Waals surface area contributed by atoms with E-state index in [1.54, 1.807) is 24.3 Å². The Morgan fingerprint density at radius 3 is 2.20 bits per heavy atom. The molecule has 0 aromatic heterocycles. The molecule has 1 aliphatic rings. The van der Waals surface area contributed by atoms with Crippen LogP contribution < -0.4 is 10.5 Å². The van der Waals surface area contributed by atoms with E-state index in [2.05, 4.69) is 0 Å². The van der Waals surface area contributed by atoms with E-state index in [-0.39, 0.29) is 24.8 Å². The van der Waals surface area contributed by atoms with Crippen molar-refractivity contribution in [1.82, 2.24) is 0 Å². The minimum Gasteiger partial charge on any atom is -0.483 e. The van der Waals surface area contributed by atoms with Crippen LogP contribution in [0.1, 0.15) is 37.7 Å². The van der Waals surface area contributed by atoms with Crippen LogP contribution in [0.2, 0.25) is 0 Å². The van der Waals surface area contributed by atoms with Crippen LogP contribution in [-0.4, -0.2) is 35.2 Å². The summed E-state index contributed by atoms with van der Waals surface area (Å²) in [4.78, 5) is 31.0. The Kier molecular flexibility index (Phi) is 9.24. The van der Waals surface area contributed by atoms with Gasteiger partial charge in [-0.3, -0.25) is 14.4 Å². The van der Waals surface area contributed by atoms with Crippen LogP contribution in [-0.2, 0) is 20.8 Å². The van der Waals surface area contributed by atoms with Crippen molar-refractivity contribution < 1.29 is 29.3 Å². The molecule has 1 aliphatic carbocycles. The second-order valence-electron chi connectivity index (χ2n) is 6.02. The summed E-state index contributed by atoms with van der Waals surface area (Å²) in [5.74, 6) is 0.0365. The maximum absolute atomic E-state index is 12.1. The van der Waals surface area contributed by atoms with Crippen LogP contribution in [0.3, 0.4) is 0 Å². The SMILES string of the molecule is NC[C@H]1CC[C@H](C(=O)Oc2ccc(CCC(=O)O)cc2)CC1.O=CO. The molecule has 0 amide bonds. The molecule has 2 rings (SSSR count). The number of carboxylic acid groups (broad SMARTS) is 2. The molecule has 1 saturated carbocycles. The molecule has 0 saturated heterocycles. The third-order valence-corrected chi connectivity index (χ3v) is 4.28. The summed E-state index contributed by atoms with van der Waals surface area (Å²) in [5, 5.41) is 15.5. The lowest BCUT2D eigenvalue weighted by molar-refractivity contribution is -0.140. The first-order chi connectivity index (χ1) is 12.0. The molecule has 25 heavy (non-hydrogen) atoms. The van der Waals surface area contributed by atoms with Crippen molar-refractivity contribution in [2.24, 2.45) is 17.6 Å². The predicted molar refractivity (Wildman–Crippen MR) is 91.2 cm³/mol. The van der Waals surface area contributed by atoms with Gasteiger partial charge in [0.05, 0.1) is 5.92 Å². The van der Waals surface area contributed by atoms with Crippen LogP contribution in [0.25, 0.3) is 0 Å². The number of esters is 1. The highest BCUT2D eigenvalue weighted by Crippen LogP contribution is 2.29. The van der Waals surface area contributed by atoms with Crippen LogP contribution in [0.15, 0.2) is 24.3 Å². The number of aryl methyl sites for hydroxylation is 1. The normalized spacial score (nSPS) is 19.2. The summed E-state index contributed by atoms with van der Waals surface area (Å²) >= 11 is 0. The van der Waals surface area contributed by atoms with Crippen molar-refractivity contribution in [2.45, 2.75) is 38.5 Å². The molecule has 1 fully saturated rings. The van der Waals surface area contributed by atoms with Crippen molar-refractivity contribution in [2.75, 3.05) is 6.54 Å². The first-order valence-corrected chi connectivity index (χ1v) is 8.30. The Morgan fingerprint density at radius 1 is 1.16 bits per heavy atom. The third kappa shape index (κ3) is 7.80. The lowest BCUT2D eigenvalue weighted by Crippen LogP contribution is -2.28. The van der Waals surface area contributed by atoms with E-state index in [9.17, 15) is 9.59 Å². The van der Waals surface area contributed by atoms with Gasteiger partial charge in [0.2, 0.25) is 0 Å². The molecule has 7 heteroatoms. The lowest BCUT2D eigenvalue weighted by atomic mass is 9.82. The molecule has 1 aromatic rings. The standard InChI is InChI=1S/C17H23NO4.CH2O2/c18-11-13-1-6-14(7-2-13)17(21)22-15-8-3-12(4-9-15)5-10-16(19)20;2-1-3/h3-4,8-9,13-14H,1-2,5-7,10-11,18H2,(H,19,20);1H,(H,2,3)/t13-,14-;. The van der Waals surface area contributed by atoms with Gasteiger partial charge in [-0.25, -0.2) is 0 Å². The highest BCUT2D eigenvalue weighted by molar-refractivity contribution is 5.75.